The minimum Gasteiger partial charge on any atom is -0.300 e. The predicted molar refractivity (Wildman–Crippen MR) is 121 cm³/mol. The van der Waals surface area contributed by atoms with Crippen LogP contribution >= 0.6 is 11.3 Å². The first-order valence-corrected chi connectivity index (χ1v) is 10.7. The topological polar surface area (TPSA) is 54.9 Å². The minimum absolute atomic E-state index is 0.0374. The molecule has 0 spiro atoms. The molecule has 0 aliphatic heterocycles. The van der Waals surface area contributed by atoms with Crippen LogP contribution in [0.4, 0.5) is 5.13 Å². The van der Waals surface area contributed by atoms with E-state index in [1.54, 1.807) is 0 Å². The lowest BCUT2D eigenvalue weighted by atomic mass is 10.0. The number of hydrogen-bond donors (Lipinski definition) is 1. The molecule has 0 aliphatic carbocycles. The van der Waals surface area contributed by atoms with Crippen molar-refractivity contribution < 1.29 is 4.79 Å². The summed E-state index contributed by atoms with van der Waals surface area (Å²) in [7, 11) is 0. The monoisotopic (exact) mass is 397 g/mol. The zero-order valence-electron chi connectivity index (χ0n) is 17.5. The SMILES string of the molecule is CC.CC(Cc1ccccc1)C(=O)Nc1nnc(-c2ccccc2)s1.CCC. The highest BCUT2D eigenvalue weighted by molar-refractivity contribution is 7.18. The Morgan fingerprint density at radius 2 is 1.50 bits per heavy atom. The Morgan fingerprint density at radius 1 is 0.964 bits per heavy atom. The van der Waals surface area contributed by atoms with Crippen LogP contribution in [-0.2, 0) is 11.2 Å². The molecule has 28 heavy (non-hydrogen) atoms. The van der Waals surface area contributed by atoms with Crippen LogP contribution in [0.1, 0.15) is 46.6 Å². The lowest BCUT2D eigenvalue weighted by Crippen LogP contribution is -2.22. The summed E-state index contributed by atoms with van der Waals surface area (Å²) in [5.41, 5.74) is 2.15. The fourth-order valence-electron chi connectivity index (χ4n) is 2.26. The summed E-state index contributed by atoms with van der Waals surface area (Å²) in [6.07, 6.45) is 1.96. The van der Waals surface area contributed by atoms with Crippen molar-refractivity contribution in [2.24, 2.45) is 5.92 Å². The van der Waals surface area contributed by atoms with Crippen molar-refractivity contribution in [2.75, 3.05) is 5.32 Å². The molecule has 5 heteroatoms. The molecular formula is C23H31N3OS. The van der Waals surface area contributed by atoms with Gasteiger partial charge in [0.2, 0.25) is 11.0 Å². The van der Waals surface area contributed by atoms with Crippen molar-refractivity contribution in [3.63, 3.8) is 0 Å². The van der Waals surface area contributed by atoms with Gasteiger partial charge in [-0.1, -0.05) is 113 Å². The zero-order chi connectivity index (χ0) is 20.8. The zero-order valence-corrected chi connectivity index (χ0v) is 18.3. The van der Waals surface area contributed by atoms with Gasteiger partial charge in [0, 0.05) is 11.5 Å². The molecule has 1 unspecified atom stereocenters. The van der Waals surface area contributed by atoms with E-state index in [0.29, 0.717) is 11.6 Å². The maximum absolute atomic E-state index is 12.3. The van der Waals surface area contributed by atoms with Gasteiger partial charge in [0.1, 0.15) is 5.01 Å². The standard InChI is InChI=1S/C18H17N3OS.C3H8.C2H6/c1-13(12-14-8-4-2-5-9-14)16(22)19-18-21-20-17(23-18)15-10-6-3-7-11-15;1-3-2;1-2/h2-11,13H,12H2,1H3,(H,19,21,22);3H2,1-2H3;1-2H3. The number of rotatable bonds is 5. The van der Waals surface area contributed by atoms with Crippen molar-refractivity contribution in [3.05, 3.63) is 66.2 Å². The van der Waals surface area contributed by atoms with Gasteiger partial charge in [-0.3, -0.25) is 4.79 Å². The van der Waals surface area contributed by atoms with Crippen molar-refractivity contribution >= 4 is 22.4 Å². The first-order chi connectivity index (χ1) is 13.6. The third kappa shape index (κ3) is 8.01. The molecule has 1 heterocycles. The number of carbonyl (C=O) groups excluding carboxylic acids is 1. The highest BCUT2D eigenvalue weighted by Crippen LogP contribution is 2.26. The van der Waals surface area contributed by atoms with Crippen LogP contribution in [0.15, 0.2) is 60.7 Å². The molecule has 0 saturated carbocycles. The van der Waals surface area contributed by atoms with Crippen LogP contribution in [0.25, 0.3) is 10.6 Å². The van der Waals surface area contributed by atoms with Gasteiger partial charge in [-0.15, -0.1) is 10.2 Å². The highest BCUT2D eigenvalue weighted by atomic mass is 32.1. The number of amides is 1. The van der Waals surface area contributed by atoms with Gasteiger partial charge in [-0.2, -0.15) is 0 Å². The maximum Gasteiger partial charge on any atom is 0.229 e. The van der Waals surface area contributed by atoms with E-state index in [2.05, 4.69) is 29.4 Å². The van der Waals surface area contributed by atoms with Gasteiger partial charge in [0.05, 0.1) is 0 Å². The van der Waals surface area contributed by atoms with E-state index in [1.165, 1.54) is 17.8 Å². The van der Waals surface area contributed by atoms with Crippen molar-refractivity contribution in [1.82, 2.24) is 10.2 Å². The van der Waals surface area contributed by atoms with Crippen molar-refractivity contribution in [3.8, 4) is 10.6 Å². The molecule has 3 aromatic rings. The summed E-state index contributed by atoms with van der Waals surface area (Å²) in [6, 6.07) is 19.8. The fourth-order valence-corrected chi connectivity index (χ4v) is 3.01. The molecule has 0 bridgehead atoms. The normalized spacial score (nSPS) is 10.6. The molecule has 1 aromatic heterocycles. The molecular weight excluding hydrogens is 366 g/mol. The van der Waals surface area contributed by atoms with Crippen LogP contribution < -0.4 is 5.32 Å². The Bertz CT molecular complexity index is 788. The van der Waals surface area contributed by atoms with Gasteiger partial charge in [-0.05, 0) is 12.0 Å². The van der Waals surface area contributed by atoms with Gasteiger partial charge in [0.15, 0.2) is 0 Å². The van der Waals surface area contributed by atoms with Gasteiger partial charge in [0.25, 0.3) is 0 Å². The molecule has 0 fully saturated rings. The Hall–Kier alpha value is -2.53. The molecule has 1 N–H and O–H groups in total. The van der Waals surface area contributed by atoms with E-state index < -0.39 is 0 Å². The van der Waals surface area contributed by atoms with E-state index in [4.69, 9.17) is 0 Å². The average molecular weight is 398 g/mol. The summed E-state index contributed by atoms with van der Waals surface area (Å²) < 4.78 is 0. The summed E-state index contributed by atoms with van der Waals surface area (Å²) in [4.78, 5) is 12.3. The van der Waals surface area contributed by atoms with Crippen molar-refractivity contribution in [2.45, 2.75) is 47.5 Å². The van der Waals surface area contributed by atoms with E-state index in [0.717, 1.165) is 16.1 Å². The predicted octanol–water partition coefficient (Wildman–Crippen LogP) is 6.46. The van der Waals surface area contributed by atoms with E-state index in [9.17, 15) is 4.79 Å². The third-order valence-corrected chi connectivity index (χ3v) is 4.40. The Balaban J connectivity index is 0.000000717. The molecule has 4 nitrogen and oxygen atoms in total. The molecule has 1 atom stereocenters. The summed E-state index contributed by atoms with van der Waals surface area (Å²) in [6.45, 7) is 10.2. The Labute approximate surface area is 173 Å². The molecule has 3 rings (SSSR count). The van der Waals surface area contributed by atoms with Crippen LogP contribution in [0.2, 0.25) is 0 Å². The molecule has 0 aliphatic rings. The summed E-state index contributed by atoms with van der Waals surface area (Å²) in [5.74, 6) is -0.161. The lowest BCUT2D eigenvalue weighted by molar-refractivity contribution is -0.119. The fraction of sp³-hybridized carbons (Fsp3) is 0.348. The quantitative estimate of drug-likeness (QED) is 0.537. The second kappa shape index (κ2) is 13.6. The number of nitrogens with zero attached hydrogens (tertiary/aromatic N) is 2. The highest BCUT2D eigenvalue weighted by Gasteiger charge is 2.16. The molecule has 150 valence electrons. The largest absolute Gasteiger partial charge is 0.300 e. The van der Waals surface area contributed by atoms with E-state index in [-0.39, 0.29) is 11.8 Å². The maximum atomic E-state index is 12.3. The number of benzene rings is 2. The number of carbonyl (C=O) groups is 1. The molecule has 0 radical (unpaired) electrons. The second-order valence-electron chi connectivity index (χ2n) is 6.07. The molecule has 0 saturated heterocycles. The van der Waals surface area contributed by atoms with Crippen LogP contribution in [0.5, 0.6) is 0 Å². The van der Waals surface area contributed by atoms with Gasteiger partial charge in [-0.25, -0.2) is 0 Å². The summed E-state index contributed by atoms with van der Waals surface area (Å²) >= 11 is 1.38. The molecule has 2 aromatic carbocycles. The van der Waals surface area contributed by atoms with Gasteiger partial charge >= 0.3 is 0 Å². The third-order valence-electron chi connectivity index (χ3n) is 3.51. The minimum atomic E-state index is -0.124. The Morgan fingerprint density at radius 3 is 2.07 bits per heavy atom. The van der Waals surface area contributed by atoms with Crippen molar-refractivity contribution in [1.29, 1.82) is 0 Å². The first-order valence-electron chi connectivity index (χ1n) is 9.87. The Kier molecular flexibility index (Phi) is 11.4. The molecule has 1 amide bonds. The number of nitrogens with one attached hydrogen (secondary N) is 1. The smallest absolute Gasteiger partial charge is 0.229 e. The lowest BCUT2D eigenvalue weighted by Gasteiger charge is -2.10. The van der Waals surface area contributed by atoms with Crippen LogP contribution in [0.3, 0.4) is 0 Å². The van der Waals surface area contributed by atoms with Crippen LogP contribution in [0, 0.1) is 5.92 Å². The van der Waals surface area contributed by atoms with Gasteiger partial charge < -0.3 is 5.32 Å². The number of hydrogen-bond acceptors (Lipinski definition) is 4. The number of aromatic nitrogens is 2. The van der Waals surface area contributed by atoms with Crippen LogP contribution in [-0.4, -0.2) is 16.1 Å². The van der Waals surface area contributed by atoms with E-state index in [1.807, 2.05) is 81.4 Å². The summed E-state index contributed by atoms with van der Waals surface area (Å²) in [5, 5.41) is 12.4. The first kappa shape index (κ1) is 23.5. The second-order valence-corrected chi connectivity index (χ2v) is 7.04. The average Bonchev–Trinajstić information content (AvgIpc) is 3.20. The number of anilines is 1. The van der Waals surface area contributed by atoms with E-state index >= 15 is 0 Å².